The number of likely N-dealkylation sites (tertiary alicyclic amines) is 1. The van der Waals surface area contributed by atoms with Crippen molar-refractivity contribution >= 4 is 11.6 Å². The molecule has 2 heterocycles. The Morgan fingerprint density at radius 1 is 1.62 bits per heavy atom. The number of hydrogen-bond donors (Lipinski definition) is 1. The van der Waals surface area contributed by atoms with Gasteiger partial charge in [-0.25, -0.2) is 4.98 Å². The number of pyridine rings is 1. The lowest BCUT2D eigenvalue weighted by Gasteiger charge is -2.34. The van der Waals surface area contributed by atoms with Gasteiger partial charge in [-0.15, -0.1) is 0 Å². The van der Waals surface area contributed by atoms with Gasteiger partial charge in [0.15, 0.2) is 0 Å². The van der Waals surface area contributed by atoms with Gasteiger partial charge in [0, 0.05) is 24.8 Å². The van der Waals surface area contributed by atoms with Crippen molar-refractivity contribution in [2.45, 2.75) is 26.0 Å². The van der Waals surface area contributed by atoms with Crippen LogP contribution in [0.25, 0.3) is 0 Å². The van der Waals surface area contributed by atoms with Crippen LogP contribution in [0.5, 0.6) is 0 Å². The minimum Gasteiger partial charge on any atom is -0.392 e. The molecule has 0 aliphatic carbocycles. The highest BCUT2D eigenvalue weighted by Crippen LogP contribution is 2.20. The molecule has 3 nitrogen and oxygen atoms in total. The average molecular weight is 241 g/mol. The molecule has 0 radical (unpaired) electrons. The van der Waals surface area contributed by atoms with E-state index in [0.29, 0.717) is 11.1 Å². The molecule has 16 heavy (non-hydrogen) atoms. The van der Waals surface area contributed by atoms with Crippen LogP contribution < -0.4 is 0 Å². The Morgan fingerprint density at radius 2 is 2.44 bits per heavy atom. The van der Waals surface area contributed by atoms with Crippen LogP contribution in [0, 0.1) is 5.92 Å². The standard InChI is InChI=1S/C12H17ClN2O/c1-9-4-6-15(8-11(9)16)7-10-3-2-5-14-12(10)13/h2-3,5,9,11,16H,4,6-8H2,1H3. The van der Waals surface area contributed by atoms with E-state index in [0.717, 1.165) is 31.6 Å². The number of piperidine rings is 1. The average Bonchev–Trinajstić information content (AvgIpc) is 2.27. The molecule has 1 fully saturated rings. The maximum Gasteiger partial charge on any atom is 0.133 e. The van der Waals surface area contributed by atoms with Gasteiger partial charge in [-0.3, -0.25) is 4.90 Å². The summed E-state index contributed by atoms with van der Waals surface area (Å²) in [7, 11) is 0. The molecule has 0 spiro atoms. The second kappa shape index (κ2) is 5.13. The molecule has 2 unspecified atom stereocenters. The van der Waals surface area contributed by atoms with E-state index in [1.165, 1.54) is 0 Å². The van der Waals surface area contributed by atoms with Crippen molar-refractivity contribution in [2.24, 2.45) is 5.92 Å². The highest BCUT2D eigenvalue weighted by atomic mass is 35.5. The Bertz CT molecular complexity index is 359. The lowest BCUT2D eigenvalue weighted by molar-refractivity contribution is 0.0259. The van der Waals surface area contributed by atoms with Crippen molar-refractivity contribution in [2.75, 3.05) is 13.1 Å². The van der Waals surface area contributed by atoms with E-state index in [4.69, 9.17) is 11.6 Å². The smallest absolute Gasteiger partial charge is 0.133 e. The summed E-state index contributed by atoms with van der Waals surface area (Å²) < 4.78 is 0. The molecule has 1 aliphatic rings. The third kappa shape index (κ3) is 2.73. The summed E-state index contributed by atoms with van der Waals surface area (Å²) in [6.07, 6.45) is 2.52. The normalized spacial score (nSPS) is 26.9. The Balaban J connectivity index is 1.98. The molecule has 0 saturated carbocycles. The van der Waals surface area contributed by atoms with E-state index >= 15 is 0 Å². The van der Waals surface area contributed by atoms with Crippen LogP contribution in [0.4, 0.5) is 0 Å². The number of hydrogen-bond acceptors (Lipinski definition) is 3. The van der Waals surface area contributed by atoms with Gasteiger partial charge in [0.25, 0.3) is 0 Å². The van der Waals surface area contributed by atoms with Crippen LogP contribution in [-0.4, -0.2) is 34.2 Å². The van der Waals surface area contributed by atoms with Gasteiger partial charge in [-0.05, 0) is 24.9 Å². The Hall–Kier alpha value is -0.640. The van der Waals surface area contributed by atoms with Crippen LogP contribution in [0.2, 0.25) is 5.15 Å². The van der Waals surface area contributed by atoms with Gasteiger partial charge >= 0.3 is 0 Å². The molecule has 1 N–H and O–H groups in total. The largest absolute Gasteiger partial charge is 0.392 e. The van der Waals surface area contributed by atoms with Gasteiger partial charge in [-0.1, -0.05) is 24.6 Å². The fraction of sp³-hybridized carbons (Fsp3) is 0.583. The van der Waals surface area contributed by atoms with Gasteiger partial charge in [0.05, 0.1) is 6.10 Å². The number of rotatable bonds is 2. The highest BCUT2D eigenvalue weighted by Gasteiger charge is 2.24. The first-order chi connectivity index (χ1) is 7.66. The first-order valence-electron chi connectivity index (χ1n) is 5.66. The van der Waals surface area contributed by atoms with Crippen LogP contribution in [-0.2, 0) is 6.54 Å². The van der Waals surface area contributed by atoms with E-state index in [9.17, 15) is 5.11 Å². The van der Waals surface area contributed by atoms with Gasteiger partial charge < -0.3 is 5.11 Å². The molecule has 1 aromatic rings. The van der Waals surface area contributed by atoms with Crippen LogP contribution in [0.1, 0.15) is 18.9 Å². The summed E-state index contributed by atoms with van der Waals surface area (Å²) >= 11 is 6.01. The number of halogens is 1. The van der Waals surface area contributed by atoms with Crippen LogP contribution in [0.3, 0.4) is 0 Å². The van der Waals surface area contributed by atoms with Crippen molar-refractivity contribution in [3.8, 4) is 0 Å². The molecule has 0 amide bonds. The zero-order chi connectivity index (χ0) is 11.5. The van der Waals surface area contributed by atoms with Crippen molar-refractivity contribution in [3.05, 3.63) is 29.0 Å². The Labute approximate surface area is 101 Å². The van der Waals surface area contributed by atoms with E-state index in [1.807, 2.05) is 12.1 Å². The fourth-order valence-corrected chi connectivity index (χ4v) is 2.22. The quantitative estimate of drug-likeness (QED) is 0.803. The molecule has 88 valence electrons. The highest BCUT2D eigenvalue weighted by molar-refractivity contribution is 6.30. The predicted molar refractivity (Wildman–Crippen MR) is 64.3 cm³/mol. The van der Waals surface area contributed by atoms with Gasteiger partial charge in [0.1, 0.15) is 5.15 Å². The maximum absolute atomic E-state index is 9.81. The molecule has 2 atom stereocenters. The zero-order valence-electron chi connectivity index (χ0n) is 9.43. The molecule has 0 bridgehead atoms. The molecule has 1 aliphatic heterocycles. The minimum atomic E-state index is -0.218. The molecular formula is C12H17ClN2O. The summed E-state index contributed by atoms with van der Waals surface area (Å²) in [6, 6.07) is 3.88. The summed E-state index contributed by atoms with van der Waals surface area (Å²) in [5.74, 6) is 0.403. The summed E-state index contributed by atoms with van der Waals surface area (Å²) in [5.41, 5.74) is 1.03. The van der Waals surface area contributed by atoms with E-state index in [-0.39, 0.29) is 6.10 Å². The molecule has 1 saturated heterocycles. The monoisotopic (exact) mass is 240 g/mol. The molecule has 0 aromatic carbocycles. The van der Waals surface area contributed by atoms with Crippen LogP contribution >= 0.6 is 11.6 Å². The number of aromatic nitrogens is 1. The second-order valence-corrected chi connectivity index (χ2v) is 4.88. The molecule has 4 heteroatoms. The Kier molecular flexibility index (Phi) is 3.79. The summed E-state index contributed by atoms with van der Waals surface area (Å²) in [6.45, 7) is 4.62. The third-order valence-corrected chi connectivity index (χ3v) is 3.57. The van der Waals surface area contributed by atoms with E-state index in [2.05, 4.69) is 16.8 Å². The van der Waals surface area contributed by atoms with E-state index < -0.39 is 0 Å². The number of aliphatic hydroxyl groups is 1. The van der Waals surface area contributed by atoms with Crippen molar-refractivity contribution in [1.29, 1.82) is 0 Å². The third-order valence-electron chi connectivity index (χ3n) is 3.23. The van der Waals surface area contributed by atoms with E-state index in [1.54, 1.807) is 6.20 Å². The summed E-state index contributed by atoms with van der Waals surface area (Å²) in [4.78, 5) is 6.28. The predicted octanol–water partition coefficient (Wildman–Crippen LogP) is 1.94. The molecular weight excluding hydrogens is 224 g/mol. The summed E-state index contributed by atoms with van der Waals surface area (Å²) in [5, 5.41) is 10.4. The first kappa shape index (κ1) is 11.8. The molecule has 1 aromatic heterocycles. The zero-order valence-corrected chi connectivity index (χ0v) is 10.2. The van der Waals surface area contributed by atoms with Crippen molar-refractivity contribution in [1.82, 2.24) is 9.88 Å². The van der Waals surface area contributed by atoms with Gasteiger partial charge in [-0.2, -0.15) is 0 Å². The van der Waals surface area contributed by atoms with Crippen molar-refractivity contribution in [3.63, 3.8) is 0 Å². The number of aliphatic hydroxyl groups excluding tert-OH is 1. The number of nitrogens with zero attached hydrogens (tertiary/aromatic N) is 2. The second-order valence-electron chi connectivity index (χ2n) is 4.52. The Morgan fingerprint density at radius 3 is 3.12 bits per heavy atom. The SMILES string of the molecule is CC1CCN(Cc2cccnc2Cl)CC1O. The minimum absolute atomic E-state index is 0.218. The lowest BCUT2D eigenvalue weighted by atomic mass is 9.96. The molecule has 2 rings (SSSR count). The van der Waals surface area contributed by atoms with Gasteiger partial charge in [0.2, 0.25) is 0 Å². The maximum atomic E-state index is 9.81. The lowest BCUT2D eigenvalue weighted by Crippen LogP contribution is -2.42. The number of β-amino-alcohol motifs (C(OH)–C–C–N with tert-alkyl or cyclic N) is 1. The topological polar surface area (TPSA) is 36.4 Å². The fourth-order valence-electron chi connectivity index (χ4n) is 2.04. The van der Waals surface area contributed by atoms with Crippen molar-refractivity contribution < 1.29 is 5.11 Å². The first-order valence-corrected chi connectivity index (χ1v) is 6.04. The van der Waals surface area contributed by atoms with Crippen LogP contribution in [0.15, 0.2) is 18.3 Å².